The molecular formula is C11H9N2+. The Balaban J connectivity index is 2.70. The van der Waals surface area contributed by atoms with Gasteiger partial charge < -0.3 is 0 Å². The van der Waals surface area contributed by atoms with E-state index in [0.717, 1.165) is 11.1 Å². The van der Waals surface area contributed by atoms with Crippen LogP contribution >= 0.6 is 0 Å². The summed E-state index contributed by atoms with van der Waals surface area (Å²) in [6.07, 6.45) is 2.26. The van der Waals surface area contributed by atoms with Crippen molar-refractivity contribution in [2.24, 2.45) is 0 Å². The van der Waals surface area contributed by atoms with Gasteiger partial charge in [0, 0.05) is 11.6 Å². The fourth-order valence-corrected chi connectivity index (χ4v) is 1.41. The number of aromatic nitrogens is 1. The van der Waals surface area contributed by atoms with E-state index in [1.165, 1.54) is 5.39 Å². The molecule has 0 saturated heterocycles. The fourth-order valence-electron chi connectivity index (χ4n) is 1.41. The third kappa shape index (κ3) is 1.36. The molecule has 2 heteroatoms. The average Bonchev–Trinajstić information content (AvgIpc) is 2.19. The zero-order valence-corrected chi connectivity index (χ0v) is 7.12. The van der Waals surface area contributed by atoms with Gasteiger partial charge in [0.1, 0.15) is 6.42 Å². The van der Waals surface area contributed by atoms with Gasteiger partial charge >= 0.3 is 0 Å². The van der Waals surface area contributed by atoms with Gasteiger partial charge in [-0.15, -0.1) is 5.26 Å². The molecule has 1 N–H and O–H groups in total. The highest BCUT2D eigenvalue weighted by Crippen LogP contribution is 2.15. The van der Waals surface area contributed by atoms with E-state index in [1.807, 2.05) is 30.3 Å². The highest BCUT2D eigenvalue weighted by molar-refractivity contribution is 5.84. The molecule has 1 aromatic carbocycles. The molecule has 1 aromatic heterocycles. The molecule has 0 unspecified atom stereocenters. The van der Waals surface area contributed by atoms with Crippen LogP contribution in [0.15, 0.2) is 36.5 Å². The first kappa shape index (κ1) is 7.75. The van der Waals surface area contributed by atoms with Crippen molar-refractivity contribution in [3.8, 4) is 6.07 Å². The van der Waals surface area contributed by atoms with E-state index >= 15 is 0 Å². The Morgan fingerprint density at radius 3 is 2.92 bits per heavy atom. The van der Waals surface area contributed by atoms with Gasteiger partial charge in [-0.05, 0) is 11.5 Å². The molecule has 0 aliphatic rings. The summed E-state index contributed by atoms with van der Waals surface area (Å²) in [7, 11) is 0. The van der Waals surface area contributed by atoms with E-state index in [1.54, 1.807) is 6.20 Å². The smallest absolute Gasteiger partial charge is 0.259 e. The van der Waals surface area contributed by atoms with Crippen molar-refractivity contribution in [2.75, 3.05) is 0 Å². The second-order valence-corrected chi connectivity index (χ2v) is 2.83. The fraction of sp³-hybridized carbons (Fsp3) is 0.0909. The first-order chi connectivity index (χ1) is 6.42. The molecule has 2 nitrogen and oxygen atoms in total. The van der Waals surface area contributed by atoms with E-state index in [-0.39, 0.29) is 0 Å². The van der Waals surface area contributed by atoms with E-state index in [4.69, 9.17) is 5.26 Å². The second kappa shape index (κ2) is 3.24. The molecule has 0 atom stereocenters. The predicted molar refractivity (Wildman–Crippen MR) is 50.3 cm³/mol. The lowest BCUT2D eigenvalue weighted by molar-refractivity contribution is -0.0940. The minimum Gasteiger partial charge on any atom is -0.259 e. The number of hydrogen-bond acceptors (Lipinski definition) is 1. The lowest BCUT2D eigenvalue weighted by atomic mass is 10.1. The van der Waals surface area contributed by atoms with Crippen LogP contribution in [0.3, 0.4) is 0 Å². The molecular weight excluding hydrogens is 160 g/mol. The zero-order valence-electron chi connectivity index (χ0n) is 7.12. The second-order valence-electron chi connectivity index (χ2n) is 2.83. The lowest BCUT2D eigenvalue weighted by Crippen LogP contribution is -2.17. The van der Waals surface area contributed by atoms with Crippen molar-refractivity contribution in [2.45, 2.75) is 6.42 Å². The summed E-state index contributed by atoms with van der Waals surface area (Å²) in [5, 5.41) is 9.21. The van der Waals surface area contributed by atoms with Crippen molar-refractivity contribution >= 4 is 10.8 Å². The summed E-state index contributed by atoms with van der Waals surface area (Å²) in [6.45, 7) is 0. The summed E-state index contributed by atoms with van der Waals surface area (Å²) in [5.41, 5.74) is 0.924. The van der Waals surface area contributed by atoms with Crippen LogP contribution in [0.25, 0.3) is 10.8 Å². The molecule has 13 heavy (non-hydrogen) atoms. The number of hydrogen-bond donors (Lipinski definition) is 1. The average molecular weight is 169 g/mol. The van der Waals surface area contributed by atoms with Gasteiger partial charge in [-0.1, -0.05) is 24.3 Å². The van der Waals surface area contributed by atoms with Gasteiger partial charge in [0.15, 0.2) is 0 Å². The highest BCUT2D eigenvalue weighted by atomic mass is 14.7. The Hall–Kier alpha value is -1.88. The molecule has 0 saturated carbocycles. The Bertz CT molecular complexity index is 463. The summed E-state index contributed by atoms with van der Waals surface area (Å²) in [4.78, 5) is 4.21. The molecule has 0 aliphatic carbocycles. The molecule has 0 aliphatic heterocycles. The van der Waals surface area contributed by atoms with Crippen molar-refractivity contribution in [3.05, 3.63) is 42.2 Å². The zero-order chi connectivity index (χ0) is 9.10. The molecule has 2 rings (SSSR count). The van der Waals surface area contributed by atoms with Crippen molar-refractivity contribution in [3.63, 3.8) is 0 Å². The van der Waals surface area contributed by atoms with Crippen LogP contribution in [0.4, 0.5) is 0 Å². The van der Waals surface area contributed by atoms with E-state index in [9.17, 15) is 0 Å². The van der Waals surface area contributed by atoms with E-state index < -0.39 is 0 Å². The number of fused-ring (bicyclic) bond motifs is 1. The Kier molecular flexibility index (Phi) is 1.93. The number of nitrogens with zero attached hydrogens (tertiary/aromatic N) is 1. The number of nitrogens with one attached hydrogen (secondary N) is 1. The molecule has 1 heterocycles. The molecule has 0 radical (unpaired) electrons. The van der Waals surface area contributed by atoms with Gasteiger partial charge in [-0.25, -0.2) is 0 Å². The topological polar surface area (TPSA) is 36.7 Å². The SMILES string of the molecule is [NH+]#CCc1nccc2ccccc12. The summed E-state index contributed by atoms with van der Waals surface area (Å²) in [5.74, 6) is 0. The monoisotopic (exact) mass is 169 g/mol. The standard InChI is InChI=1S/C11H8N2/c12-7-5-11-10-4-2-1-3-9(10)6-8-13-11/h1-4,6,8H,5H2/p+1. The number of rotatable bonds is 1. The molecule has 0 fully saturated rings. The molecule has 0 amide bonds. The molecule has 0 spiro atoms. The first-order valence-electron chi connectivity index (χ1n) is 4.14. The third-order valence-electron chi connectivity index (χ3n) is 2.01. The Morgan fingerprint density at radius 2 is 2.08 bits per heavy atom. The van der Waals surface area contributed by atoms with Crippen LogP contribution in [-0.2, 0) is 6.42 Å². The Labute approximate surface area is 76.5 Å². The van der Waals surface area contributed by atoms with E-state index in [2.05, 4.69) is 11.1 Å². The maximum absolute atomic E-state index is 6.93. The molecule has 0 bridgehead atoms. The number of pyridine rings is 1. The Morgan fingerprint density at radius 1 is 1.23 bits per heavy atom. The van der Waals surface area contributed by atoms with Crippen LogP contribution in [0.5, 0.6) is 0 Å². The van der Waals surface area contributed by atoms with Gasteiger partial charge in [-0.3, -0.25) is 4.98 Å². The van der Waals surface area contributed by atoms with Crippen molar-refractivity contribution < 1.29 is 5.26 Å². The van der Waals surface area contributed by atoms with Crippen LogP contribution in [0, 0.1) is 6.07 Å². The van der Waals surface area contributed by atoms with Crippen LogP contribution < -0.4 is 5.26 Å². The van der Waals surface area contributed by atoms with Crippen LogP contribution in [-0.4, -0.2) is 4.98 Å². The van der Waals surface area contributed by atoms with Crippen molar-refractivity contribution in [1.82, 2.24) is 4.98 Å². The van der Waals surface area contributed by atoms with Gasteiger partial charge in [0.05, 0.1) is 5.69 Å². The summed E-state index contributed by atoms with van der Waals surface area (Å²) < 4.78 is 0. The number of benzene rings is 1. The van der Waals surface area contributed by atoms with Gasteiger partial charge in [0.25, 0.3) is 6.07 Å². The van der Waals surface area contributed by atoms with Gasteiger partial charge in [0.2, 0.25) is 0 Å². The van der Waals surface area contributed by atoms with Crippen molar-refractivity contribution in [1.29, 1.82) is 0 Å². The molecule has 2 aromatic rings. The summed E-state index contributed by atoms with van der Waals surface area (Å²) in [6, 6.07) is 12.4. The molecule has 62 valence electrons. The first-order valence-corrected chi connectivity index (χ1v) is 4.14. The largest absolute Gasteiger partial charge is 0.276 e. The maximum atomic E-state index is 6.93. The third-order valence-corrected chi connectivity index (χ3v) is 2.01. The van der Waals surface area contributed by atoms with Crippen LogP contribution in [0.2, 0.25) is 0 Å². The van der Waals surface area contributed by atoms with E-state index in [0.29, 0.717) is 6.42 Å². The lowest BCUT2D eigenvalue weighted by Gasteiger charge is -1.99. The quantitative estimate of drug-likeness (QED) is 0.665. The van der Waals surface area contributed by atoms with Crippen LogP contribution in [0.1, 0.15) is 5.69 Å². The maximum Gasteiger partial charge on any atom is 0.276 e. The highest BCUT2D eigenvalue weighted by Gasteiger charge is 2.01. The van der Waals surface area contributed by atoms with Gasteiger partial charge in [-0.2, -0.15) is 0 Å². The summed E-state index contributed by atoms with van der Waals surface area (Å²) >= 11 is 0. The normalized spacial score (nSPS) is 9.77. The minimum atomic E-state index is 0.487. The predicted octanol–water partition coefficient (Wildman–Crippen LogP) is 0.550. The minimum absolute atomic E-state index is 0.487.